The molecule has 1 saturated heterocycles. The zero-order chi connectivity index (χ0) is 19.7. The Morgan fingerprint density at radius 3 is 2.37 bits per heavy atom. The monoisotopic (exact) mass is 430 g/mol. The SMILES string of the molecule is O=C1NC(=O)N(c2ccc(Br)cc2)C(=O)/C1=C/c1ccc([O-])c([N+](=O)[O-])c1. The number of nitro benzene ring substituents is 1. The van der Waals surface area contributed by atoms with Crippen LogP contribution in [0.1, 0.15) is 5.56 Å². The van der Waals surface area contributed by atoms with Gasteiger partial charge in [0.05, 0.1) is 10.6 Å². The predicted octanol–water partition coefficient (Wildman–Crippen LogP) is 2.10. The molecule has 0 bridgehead atoms. The molecule has 4 amide bonds. The zero-order valence-corrected chi connectivity index (χ0v) is 14.9. The summed E-state index contributed by atoms with van der Waals surface area (Å²) in [7, 11) is 0. The molecule has 136 valence electrons. The van der Waals surface area contributed by atoms with Crippen LogP contribution in [0.15, 0.2) is 52.5 Å². The Hall–Kier alpha value is -3.53. The highest BCUT2D eigenvalue weighted by atomic mass is 79.9. The largest absolute Gasteiger partial charge is 0.868 e. The number of amides is 4. The van der Waals surface area contributed by atoms with Gasteiger partial charge in [-0.25, -0.2) is 9.69 Å². The molecule has 0 unspecified atom stereocenters. The molecule has 0 atom stereocenters. The number of nitrogens with zero attached hydrogens (tertiary/aromatic N) is 2. The van der Waals surface area contributed by atoms with Crippen LogP contribution >= 0.6 is 15.9 Å². The van der Waals surface area contributed by atoms with E-state index in [0.29, 0.717) is 0 Å². The molecule has 1 heterocycles. The molecule has 1 N–H and O–H groups in total. The second kappa shape index (κ2) is 7.00. The van der Waals surface area contributed by atoms with E-state index in [-0.39, 0.29) is 11.3 Å². The number of halogens is 1. The maximum atomic E-state index is 12.7. The van der Waals surface area contributed by atoms with Crippen LogP contribution in [0.3, 0.4) is 0 Å². The molecule has 0 aliphatic carbocycles. The van der Waals surface area contributed by atoms with Crippen molar-refractivity contribution in [1.82, 2.24) is 5.32 Å². The first-order valence-corrected chi connectivity index (χ1v) is 8.19. The Kier molecular flexibility index (Phi) is 4.74. The third-order valence-corrected chi connectivity index (χ3v) is 4.21. The summed E-state index contributed by atoms with van der Waals surface area (Å²) in [6.45, 7) is 0. The number of carbonyl (C=O) groups excluding carboxylic acids is 3. The Balaban J connectivity index is 2.03. The van der Waals surface area contributed by atoms with Gasteiger partial charge in [0.2, 0.25) is 0 Å². The number of hydrogen-bond donors (Lipinski definition) is 1. The fourth-order valence-corrected chi connectivity index (χ4v) is 2.68. The average Bonchev–Trinajstić information content (AvgIpc) is 2.61. The fourth-order valence-electron chi connectivity index (χ4n) is 2.42. The van der Waals surface area contributed by atoms with E-state index >= 15 is 0 Å². The number of barbiturate groups is 1. The van der Waals surface area contributed by atoms with Crippen LogP contribution in [-0.4, -0.2) is 22.8 Å². The van der Waals surface area contributed by atoms with Crippen LogP contribution < -0.4 is 15.3 Å². The van der Waals surface area contributed by atoms with E-state index in [9.17, 15) is 29.6 Å². The lowest BCUT2D eigenvalue weighted by Crippen LogP contribution is -2.54. The topological polar surface area (TPSA) is 133 Å². The van der Waals surface area contributed by atoms with Gasteiger partial charge >= 0.3 is 6.03 Å². The summed E-state index contributed by atoms with van der Waals surface area (Å²) in [5, 5.41) is 24.4. The van der Waals surface area contributed by atoms with Gasteiger partial charge in [0, 0.05) is 10.5 Å². The predicted molar refractivity (Wildman–Crippen MR) is 95.7 cm³/mol. The summed E-state index contributed by atoms with van der Waals surface area (Å²) in [6.07, 6.45) is 1.09. The number of anilines is 1. The Morgan fingerprint density at radius 1 is 1.07 bits per heavy atom. The molecule has 0 aromatic heterocycles. The number of nitrogens with one attached hydrogen (secondary N) is 1. The van der Waals surface area contributed by atoms with Crippen LogP contribution in [0.5, 0.6) is 5.75 Å². The summed E-state index contributed by atoms with van der Waals surface area (Å²) < 4.78 is 0.730. The van der Waals surface area contributed by atoms with Crippen molar-refractivity contribution in [3.8, 4) is 5.75 Å². The van der Waals surface area contributed by atoms with Crippen molar-refractivity contribution in [2.45, 2.75) is 0 Å². The highest BCUT2D eigenvalue weighted by molar-refractivity contribution is 9.10. The molecule has 2 aromatic carbocycles. The van der Waals surface area contributed by atoms with Crippen molar-refractivity contribution in [3.63, 3.8) is 0 Å². The zero-order valence-electron chi connectivity index (χ0n) is 13.3. The molecule has 0 saturated carbocycles. The average molecular weight is 431 g/mol. The summed E-state index contributed by atoms with van der Waals surface area (Å²) >= 11 is 3.24. The van der Waals surface area contributed by atoms with Crippen molar-refractivity contribution in [3.05, 3.63) is 68.2 Å². The smallest absolute Gasteiger partial charge is 0.335 e. The molecule has 0 spiro atoms. The van der Waals surface area contributed by atoms with Crippen LogP contribution in [0.4, 0.5) is 16.2 Å². The van der Waals surface area contributed by atoms with Gasteiger partial charge < -0.3 is 5.11 Å². The molecular formula is C17H9BrN3O6-. The number of urea groups is 1. The van der Waals surface area contributed by atoms with E-state index < -0.39 is 39.8 Å². The quantitative estimate of drug-likeness (QED) is 0.343. The third kappa shape index (κ3) is 3.55. The van der Waals surface area contributed by atoms with Crippen molar-refractivity contribution in [2.75, 3.05) is 4.90 Å². The highest BCUT2D eigenvalue weighted by Gasteiger charge is 2.36. The number of benzene rings is 2. The number of imide groups is 2. The molecule has 2 aromatic rings. The van der Waals surface area contributed by atoms with Gasteiger partial charge in [0.25, 0.3) is 17.5 Å². The molecule has 1 aliphatic heterocycles. The summed E-state index contributed by atoms with van der Waals surface area (Å²) in [5.74, 6) is -2.62. The van der Waals surface area contributed by atoms with Gasteiger partial charge in [-0.05, 0) is 41.7 Å². The van der Waals surface area contributed by atoms with E-state index in [2.05, 4.69) is 15.9 Å². The molecule has 0 radical (unpaired) electrons. The van der Waals surface area contributed by atoms with Crippen LogP contribution in [0.25, 0.3) is 6.08 Å². The van der Waals surface area contributed by atoms with Gasteiger partial charge in [0.15, 0.2) is 0 Å². The summed E-state index contributed by atoms with van der Waals surface area (Å²) in [6, 6.07) is 8.49. The normalized spacial score (nSPS) is 15.8. The number of nitro groups is 1. The second-order valence-electron chi connectivity index (χ2n) is 5.42. The molecule has 9 nitrogen and oxygen atoms in total. The van der Waals surface area contributed by atoms with Crippen molar-refractivity contribution >= 4 is 51.2 Å². The van der Waals surface area contributed by atoms with Gasteiger partial charge in [-0.1, -0.05) is 28.1 Å². The van der Waals surface area contributed by atoms with Crippen molar-refractivity contribution in [1.29, 1.82) is 0 Å². The second-order valence-corrected chi connectivity index (χ2v) is 6.33. The number of rotatable bonds is 3. The van der Waals surface area contributed by atoms with Crippen LogP contribution in [0, 0.1) is 10.1 Å². The lowest BCUT2D eigenvalue weighted by molar-refractivity contribution is -0.398. The lowest BCUT2D eigenvalue weighted by atomic mass is 10.1. The van der Waals surface area contributed by atoms with E-state index in [0.717, 1.165) is 27.6 Å². The highest BCUT2D eigenvalue weighted by Crippen LogP contribution is 2.27. The molecule has 27 heavy (non-hydrogen) atoms. The maximum Gasteiger partial charge on any atom is 0.335 e. The fraction of sp³-hybridized carbons (Fsp3) is 0. The van der Waals surface area contributed by atoms with Gasteiger partial charge in [-0.3, -0.25) is 25.0 Å². The molecule has 1 aliphatic rings. The Bertz CT molecular complexity index is 1020. The molecular weight excluding hydrogens is 422 g/mol. The number of hydrogen-bond acceptors (Lipinski definition) is 6. The Morgan fingerprint density at radius 2 is 1.74 bits per heavy atom. The maximum absolute atomic E-state index is 12.7. The van der Waals surface area contributed by atoms with Gasteiger partial charge in [-0.2, -0.15) is 0 Å². The Labute approximate surface area is 160 Å². The first-order chi connectivity index (χ1) is 12.8. The lowest BCUT2D eigenvalue weighted by Gasteiger charge is -2.26. The minimum Gasteiger partial charge on any atom is -0.868 e. The van der Waals surface area contributed by atoms with Crippen LogP contribution in [-0.2, 0) is 9.59 Å². The van der Waals surface area contributed by atoms with E-state index in [1.807, 2.05) is 5.32 Å². The van der Waals surface area contributed by atoms with Crippen LogP contribution in [0.2, 0.25) is 0 Å². The van der Waals surface area contributed by atoms with Gasteiger partial charge in [-0.15, -0.1) is 0 Å². The van der Waals surface area contributed by atoms with E-state index in [4.69, 9.17) is 0 Å². The first kappa shape index (κ1) is 18.3. The summed E-state index contributed by atoms with van der Waals surface area (Å²) in [5.41, 5.74) is -0.746. The molecule has 3 rings (SSSR count). The first-order valence-electron chi connectivity index (χ1n) is 7.40. The number of carbonyl (C=O) groups is 3. The van der Waals surface area contributed by atoms with Crippen molar-refractivity contribution < 1.29 is 24.4 Å². The molecule has 1 fully saturated rings. The minimum atomic E-state index is -0.938. The van der Waals surface area contributed by atoms with Crippen molar-refractivity contribution in [2.24, 2.45) is 0 Å². The summed E-state index contributed by atoms with van der Waals surface area (Å²) in [4.78, 5) is 47.7. The third-order valence-electron chi connectivity index (χ3n) is 3.68. The van der Waals surface area contributed by atoms with E-state index in [1.54, 1.807) is 12.1 Å². The van der Waals surface area contributed by atoms with E-state index in [1.165, 1.54) is 18.2 Å². The van der Waals surface area contributed by atoms with Gasteiger partial charge in [0.1, 0.15) is 5.57 Å². The standard InChI is InChI=1S/C17H10BrN3O6/c18-10-2-4-11(5-3-10)20-16(24)12(15(23)19-17(20)25)7-9-1-6-14(22)13(8-9)21(26)27/h1-8,22H,(H,19,23,25)/p-1/b12-7+. The minimum absolute atomic E-state index is 0.102. The molecule has 10 heteroatoms.